The highest BCUT2D eigenvalue weighted by Gasteiger charge is 2.41. The van der Waals surface area contributed by atoms with Crippen LogP contribution in [0.1, 0.15) is 43.0 Å². The van der Waals surface area contributed by atoms with E-state index in [-0.39, 0.29) is 19.4 Å². The minimum absolute atomic E-state index is 0.0235. The summed E-state index contributed by atoms with van der Waals surface area (Å²) in [4.78, 5) is 18.6. The lowest BCUT2D eigenvalue weighted by atomic mass is 9.74. The van der Waals surface area contributed by atoms with Crippen molar-refractivity contribution in [3.8, 4) is 11.5 Å². The number of aromatic nitrogens is 1. The number of rotatable bonds is 10. The highest BCUT2D eigenvalue weighted by Crippen LogP contribution is 2.41. The molecular weight excluding hydrogens is 504 g/mol. The molecule has 0 amide bonds. The van der Waals surface area contributed by atoms with Crippen LogP contribution in [0, 0.1) is 29.8 Å². The number of fused-ring (bicyclic) bond motifs is 1. The molecule has 1 aliphatic heterocycles. The number of ether oxygens (including phenoxy) is 2. The van der Waals surface area contributed by atoms with Crippen LogP contribution in [-0.2, 0) is 4.79 Å². The van der Waals surface area contributed by atoms with Gasteiger partial charge in [-0.3, -0.25) is 14.7 Å². The molecule has 0 spiro atoms. The van der Waals surface area contributed by atoms with Crippen LogP contribution in [0.25, 0.3) is 10.9 Å². The standard InChI is InChI=1S/C28H30F4N2O4/c1-17-16-33-23-4-3-19(37-2)15-20(23)25(17)21(30)5-6-28(27(35)36)7-9-34(10-8-28)11-12-38-24-14-18(29)13-22(31)26(24)32/h3-4,13-16,21H,5-12H2,1-2H3,(H,35,36)/t21-/m1/s1. The lowest BCUT2D eigenvalue weighted by molar-refractivity contribution is -0.153. The number of benzene rings is 2. The molecule has 0 radical (unpaired) electrons. The second-order valence-electron chi connectivity index (χ2n) is 9.72. The monoisotopic (exact) mass is 534 g/mol. The molecule has 2 heterocycles. The van der Waals surface area contributed by atoms with E-state index in [9.17, 15) is 23.1 Å². The molecule has 1 aliphatic rings. The zero-order chi connectivity index (χ0) is 27.4. The third-order valence-electron chi connectivity index (χ3n) is 7.40. The number of methoxy groups -OCH3 is 1. The minimum Gasteiger partial charge on any atom is -0.497 e. The van der Waals surface area contributed by atoms with Crippen LogP contribution in [0.5, 0.6) is 11.5 Å². The molecule has 2 aromatic carbocycles. The van der Waals surface area contributed by atoms with E-state index in [2.05, 4.69) is 4.98 Å². The normalized spacial score (nSPS) is 16.4. The third-order valence-corrected chi connectivity index (χ3v) is 7.40. The summed E-state index contributed by atoms with van der Waals surface area (Å²) >= 11 is 0. The Morgan fingerprint density at radius 3 is 2.61 bits per heavy atom. The SMILES string of the molecule is COc1ccc2ncc(C)c([C@H](F)CCC3(C(=O)O)CCN(CCOc4cc(F)cc(F)c4F)CC3)c2c1. The molecule has 38 heavy (non-hydrogen) atoms. The molecule has 1 N–H and O–H groups in total. The van der Waals surface area contributed by atoms with E-state index in [0.29, 0.717) is 66.3 Å². The molecule has 3 aromatic rings. The van der Waals surface area contributed by atoms with Crippen molar-refractivity contribution in [3.63, 3.8) is 0 Å². The first-order chi connectivity index (χ1) is 18.1. The van der Waals surface area contributed by atoms with Gasteiger partial charge in [-0.2, -0.15) is 4.39 Å². The number of carboxylic acid groups (broad SMARTS) is 1. The number of halogens is 4. The molecule has 0 saturated carbocycles. The van der Waals surface area contributed by atoms with Gasteiger partial charge in [-0.1, -0.05) is 0 Å². The van der Waals surface area contributed by atoms with Gasteiger partial charge in [0, 0.05) is 30.3 Å². The van der Waals surface area contributed by atoms with E-state index >= 15 is 4.39 Å². The predicted molar refractivity (Wildman–Crippen MR) is 134 cm³/mol. The quantitative estimate of drug-likeness (QED) is 0.254. The van der Waals surface area contributed by atoms with Crippen LogP contribution in [0.3, 0.4) is 0 Å². The second-order valence-corrected chi connectivity index (χ2v) is 9.72. The number of piperidine rings is 1. The maximum absolute atomic E-state index is 15.7. The molecule has 0 bridgehead atoms. The van der Waals surface area contributed by atoms with Crippen molar-refractivity contribution in [2.75, 3.05) is 33.4 Å². The molecule has 6 nitrogen and oxygen atoms in total. The molecule has 1 atom stereocenters. The van der Waals surface area contributed by atoms with Crippen LogP contribution in [0.4, 0.5) is 17.6 Å². The summed E-state index contributed by atoms with van der Waals surface area (Å²) < 4.78 is 66.6. The Hall–Kier alpha value is -3.40. The fraction of sp³-hybridized carbons (Fsp3) is 0.429. The van der Waals surface area contributed by atoms with Crippen LogP contribution in [0.2, 0.25) is 0 Å². The molecule has 1 aromatic heterocycles. The molecule has 1 fully saturated rings. The summed E-state index contributed by atoms with van der Waals surface area (Å²) in [6, 6.07) is 6.49. The van der Waals surface area contributed by atoms with Gasteiger partial charge in [0.25, 0.3) is 0 Å². The average Bonchev–Trinajstić information content (AvgIpc) is 2.90. The van der Waals surface area contributed by atoms with Crippen LogP contribution >= 0.6 is 0 Å². The van der Waals surface area contributed by atoms with Crippen LogP contribution in [0.15, 0.2) is 36.5 Å². The van der Waals surface area contributed by atoms with E-state index in [4.69, 9.17) is 9.47 Å². The first kappa shape index (κ1) is 27.6. The van der Waals surface area contributed by atoms with Gasteiger partial charge >= 0.3 is 5.97 Å². The smallest absolute Gasteiger partial charge is 0.309 e. The topological polar surface area (TPSA) is 71.9 Å². The highest BCUT2D eigenvalue weighted by atomic mass is 19.2. The van der Waals surface area contributed by atoms with Gasteiger partial charge in [0.05, 0.1) is 18.0 Å². The van der Waals surface area contributed by atoms with Crippen molar-refractivity contribution >= 4 is 16.9 Å². The van der Waals surface area contributed by atoms with E-state index in [1.165, 1.54) is 7.11 Å². The lowest BCUT2D eigenvalue weighted by Gasteiger charge is -2.39. The maximum atomic E-state index is 15.7. The predicted octanol–water partition coefficient (Wildman–Crippen LogP) is 6.01. The summed E-state index contributed by atoms with van der Waals surface area (Å²) in [5.41, 5.74) is 0.740. The number of nitrogens with zero attached hydrogens (tertiary/aromatic N) is 2. The van der Waals surface area contributed by atoms with Gasteiger partial charge < -0.3 is 14.6 Å². The van der Waals surface area contributed by atoms with Crippen molar-refractivity contribution in [1.82, 2.24) is 9.88 Å². The molecule has 4 rings (SSSR count). The molecule has 0 aliphatic carbocycles. The highest BCUT2D eigenvalue weighted by molar-refractivity contribution is 5.85. The lowest BCUT2D eigenvalue weighted by Crippen LogP contribution is -2.45. The molecule has 1 saturated heterocycles. The molecular formula is C28H30F4N2O4. The summed E-state index contributed by atoms with van der Waals surface area (Å²) in [6.45, 7) is 2.92. The first-order valence-electron chi connectivity index (χ1n) is 12.4. The Bertz CT molecular complexity index is 1310. The Morgan fingerprint density at radius 2 is 1.92 bits per heavy atom. The van der Waals surface area contributed by atoms with E-state index in [1.54, 1.807) is 31.3 Å². The van der Waals surface area contributed by atoms with E-state index in [1.807, 2.05) is 4.90 Å². The Morgan fingerprint density at radius 1 is 1.18 bits per heavy atom. The Balaban J connectivity index is 1.37. The van der Waals surface area contributed by atoms with Crippen molar-refractivity contribution in [1.29, 1.82) is 0 Å². The van der Waals surface area contributed by atoms with E-state index in [0.717, 1.165) is 6.07 Å². The van der Waals surface area contributed by atoms with Gasteiger partial charge in [-0.15, -0.1) is 0 Å². The first-order valence-corrected chi connectivity index (χ1v) is 12.4. The number of hydrogen-bond acceptors (Lipinski definition) is 5. The Labute approximate surface area is 218 Å². The largest absolute Gasteiger partial charge is 0.497 e. The maximum Gasteiger partial charge on any atom is 0.309 e. The number of pyridine rings is 1. The molecule has 10 heteroatoms. The number of aryl methyl sites for hydroxylation is 1. The number of likely N-dealkylation sites (tertiary alicyclic amines) is 1. The number of aliphatic carboxylic acids is 1. The number of hydrogen-bond donors (Lipinski definition) is 1. The fourth-order valence-electron chi connectivity index (χ4n) is 5.08. The summed E-state index contributed by atoms with van der Waals surface area (Å²) in [5, 5.41) is 10.7. The van der Waals surface area contributed by atoms with E-state index < -0.39 is 40.8 Å². The second kappa shape index (κ2) is 11.6. The van der Waals surface area contributed by atoms with Crippen molar-refractivity contribution < 1.29 is 36.9 Å². The number of alkyl halides is 1. The zero-order valence-corrected chi connectivity index (χ0v) is 21.3. The van der Waals surface area contributed by atoms with Crippen LogP contribution < -0.4 is 9.47 Å². The Kier molecular flexibility index (Phi) is 8.40. The third kappa shape index (κ3) is 5.85. The molecule has 204 valence electrons. The van der Waals surface area contributed by atoms with Crippen LogP contribution in [-0.4, -0.2) is 54.3 Å². The van der Waals surface area contributed by atoms with Gasteiger partial charge in [0.2, 0.25) is 5.82 Å². The summed E-state index contributed by atoms with van der Waals surface area (Å²) in [5.74, 6) is -4.41. The van der Waals surface area contributed by atoms with Crippen molar-refractivity contribution in [2.24, 2.45) is 5.41 Å². The van der Waals surface area contributed by atoms with Gasteiger partial charge in [0.1, 0.15) is 24.3 Å². The zero-order valence-electron chi connectivity index (χ0n) is 21.3. The van der Waals surface area contributed by atoms with Crippen molar-refractivity contribution in [2.45, 2.75) is 38.8 Å². The summed E-state index contributed by atoms with van der Waals surface area (Å²) in [6.07, 6.45) is 1.06. The number of carboxylic acids is 1. The van der Waals surface area contributed by atoms with Crippen molar-refractivity contribution in [3.05, 3.63) is 65.1 Å². The minimum atomic E-state index is -1.38. The fourth-order valence-corrected chi connectivity index (χ4v) is 5.08. The van der Waals surface area contributed by atoms with Gasteiger partial charge in [-0.25, -0.2) is 13.2 Å². The average molecular weight is 535 g/mol. The summed E-state index contributed by atoms with van der Waals surface area (Å²) in [7, 11) is 1.53. The molecule has 0 unspecified atom stereocenters. The van der Waals surface area contributed by atoms with Gasteiger partial charge in [-0.05, 0) is 75.0 Å². The van der Waals surface area contributed by atoms with Gasteiger partial charge in [0.15, 0.2) is 11.6 Å². The number of carbonyl (C=O) groups is 1.